The number of carbonyl (C=O) groups is 1. The summed E-state index contributed by atoms with van der Waals surface area (Å²) in [5, 5.41) is 23.4. The van der Waals surface area contributed by atoms with Crippen LogP contribution in [0.4, 0.5) is 0 Å². The van der Waals surface area contributed by atoms with Crippen LogP contribution < -0.4 is 5.32 Å². The zero-order chi connectivity index (χ0) is 45.6. The first-order chi connectivity index (χ1) is 31.2. The Morgan fingerprint density at radius 3 is 0.873 bits per heavy atom. The van der Waals surface area contributed by atoms with E-state index in [1.807, 2.05) is 0 Å². The van der Waals surface area contributed by atoms with E-state index in [9.17, 15) is 15.0 Å². The number of rotatable bonds is 55. The van der Waals surface area contributed by atoms with Gasteiger partial charge in [0.25, 0.3) is 0 Å². The molecule has 0 heterocycles. The van der Waals surface area contributed by atoms with Crippen LogP contribution in [-0.4, -0.2) is 34.9 Å². The molecule has 0 bridgehead atoms. The second-order valence-corrected chi connectivity index (χ2v) is 20.4. The third-order valence-corrected chi connectivity index (χ3v) is 14.0. The molecule has 0 spiro atoms. The third kappa shape index (κ3) is 52.0. The number of amides is 1. The number of hydrogen-bond acceptors (Lipinski definition) is 3. The molecule has 63 heavy (non-hydrogen) atoms. The van der Waals surface area contributed by atoms with E-state index in [1.54, 1.807) is 0 Å². The van der Waals surface area contributed by atoms with Gasteiger partial charge in [0.1, 0.15) is 0 Å². The average molecular weight is 889 g/mol. The zero-order valence-electron chi connectivity index (χ0n) is 43.4. The molecule has 0 fully saturated rings. The monoisotopic (exact) mass is 888 g/mol. The summed E-state index contributed by atoms with van der Waals surface area (Å²) in [6.45, 7) is 4.39. The molecule has 1 amide bonds. The molecule has 0 radical (unpaired) electrons. The summed E-state index contributed by atoms with van der Waals surface area (Å²) in [4.78, 5) is 12.5. The Hall–Kier alpha value is -0.870. The lowest BCUT2D eigenvalue weighted by atomic mass is 10.0. The highest BCUT2D eigenvalue weighted by atomic mass is 16.3. The van der Waals surface area contributed by atoms with Gasteiger partial charge >= 0.3 is 0 Å². The van der Waals surface area contributed by atoms with Crippen molar-refractivity contribution in [1.29, 1.82) is 0 Å². The van der Waals surface area contributed by atoms with E-state index >= 15 is 0 Å². The number of allylic oxidation sites excluding steroid dienone is 2. The van der Waals surface area contributed by atoms with Crippen LogP contribution in [0.2, 0.25) is 0 Å². The second kappa shape index (κ2) is 55.5. The van der Waals surface area contributed by atoms with Crippen molar-refractivity contribution in [3.8, 4) is 0 Å². The highest BCUT2D eigenvalue weighted by molar-refractivity contribution is 5.76. The number of hydrogen-bond donors (Lipinski definition) is 3. The normalized spacial score (nSPS) is 12.8. The molecule has 0 aromatic heterocycles. The van der Waals surface area contributed by atoms with E-state index in [-0.39, 0.29) is 12.5 Å². The summed E-state index contributed by atoms with van der Waals surface area (Å²) in [7, 11) is 0. The summed E-state index contributed by atoms with van der Waals surface area (Å²) >= 11 is 0. The molecule has 0 aliphatic heterocycles. The lowest BCUT2D eigenvalue weighted by Gasteiger charge is -2.22. The van der Waals surface area contributed by atoms with E-state index in [2.05, 4.69) is 31.3 Å². The van der Waals surface area contributed by atoms with E-state index < -0.39 is 12.1 Å². The largest absolute Gasteiger partial charge is 0.394 e. The minimum Gasteiger partial charge on any atom is -0.394 e. The molecule has 0 rings (SSSR count). The molecule has 0 saturated heterocycles. The fourth-order valence-corrected chi connectivity index (χ4v) is 9.54. The second-order valence-electron chi connectivity index (χ2n) is 20.4. The van der Waals surface area contributed by atoms with Crippen LogP contribution in [0.5, 0.6) is 0 Å². The Morgan fingerprint density at radius 1 is 0.365 bits per heavy atom. The SMILES string of the molecule is CCCCCCCC/C=C\CCCCCCCCCCCC(=O)NC(CO)C(O)CCCCCCCCCCCCCCCCCCCCCCCCCCCCCCCCCC. The molecule has 4 nitrogen and oxygen atoms in total. The standard InChI is InChI=1S/C59H117NO3/c1-3-5-7-9-11-13-15-17-19-21-23-24-25-26-27-28-29-30-31-32-33-34-35-37-38-40-42-44-46-48-50-52-54-58(62)57(56-61)60-59(63)55-53-51-49-47-45-43-41-39-36-22-20-18-16-14-12-10-8-6-4-2/h18,20,57-58,61-62H,3-17,19,21-56H2,1-2H3,(H,60,63)/b20-18-. The van der Waals surface area contributed by atoms with Gasteiger partial charge in [-0.25, -0.2) is 0 Å². The Morgan fingerprint density at radius 2 is 0.603 bits per heavy atom. The fourth-order valence-electron chi connectivity index (χ4n) is 9.54. The van der Waals surface area contributed by atoms with Gasteiger partial charge in [-0.15, -0.1) is 0 Å². The first kappa shape index (κ1) is 62.1. The van der Waals surface area contributed by atoms with Crippen LogP contribution in [0.1, 0.15) is 341 Å². The van der Waals surface area contributed by atoms with E-state index in [0.29, 0.717) is 12.8 Å². The molecule has 2 atom stereocenters. The van der Waals surface area contributed by atoms with Crippen LogP contribution in [-0.2, 0) is 4.79 Å². The minimum atomic E-state index is -0.659. The summed E-state index contributed by atoms with van der Waals surface area (Å²) < 4.78 is 0. The van der Waals surface area contributed by atoms with Crippen LogP contribution in [0.3, 0.4) is 0 Å². The molecule has 4 heteroatoms. The maximum Gasteiger partial charge on any atom is 0.220 e. The summed E-state index contributed by atoms with van der Waals surface area (Å²) in [6.07, 6.45) is 72.2. The topological polar surface area (TPSA) is 69.6 Å². The molecule has 0 aromatic carbocycles. The number of aliphatic hydroxyl groups excluding tert-OH is 2. The highest BCUT2D eigenvalue weighted by Gasteiger charge is 2.20. The number of unbranched alkanes of at least 4 members (excludes halogenated alkanes) is 46. The van der Waals surface area contributed by atoms with Gasteiger partial charge in [0.2, 0.25) is 5.91 Å². The van der Waals surface area contributed by atoms with E-state index in [0.717, 1.165) is 25.7 Å². The van der Waals surface area contributed by atoms with Gasteiger partial charge in [0.05, 0.1) is 18.8 Å². The summed E-state index contributed by atoms with van der Waals surface area (Å²) in [5.41, 5.74) is 0. The van der Waals surface area contributed by atoms with Crippen molar-refractivity contribution in [3.63, 3.8) is 0 Å². The first-order valence-electron chi connectivity index (χ1n) is 29.4. The van der Waals surface area contributed by atoms with Gasteiger partial charge in [-0.3, -0.25) is 4.79 Å². The lowest BCUT2D eigenvalue weighted by Crippen LogP contribution is -2.45. The smallest absolute Gasteiger partial charge is 0.220 e. The lowest BCUT2D eigenvalue weighted by molar-refractivity contribution is -0.123. The van der Waals surface area contributed by atoms with Crippen LogP contribution >= 0.6 is 0 Å². The van der Waals surface area contributed by atoms with Crippen LogP contribution in [0.25, 0.3) is 0 Å². The molecule has 0 aliphatic carbocycles. The molecule has 0 saturated carbocycles. The third-order valence-electron chi connectivity index (χ3n) is 14.0. The summed E-state index contributed by atoms with van der Waals surface area (Å²) in [5.74, 6) is -0.0276. The van der Waals surface area contributed by atoms with Gasteiger partial charge in [0.15, 0.2) is 0 Å². The highest BCUT2D eigenvalue weighted by Crippen LogP contribution is 2.18. The van der Waals surface area contributed by atoms with Gasteiger partial charge in [0, 0.05) is 6.42 Å². The van der Waals surface area contributed by atoms with Gasteiger partial charge in [-0.1, -0.05) is 309 Å². The van der Waals surface area contributed by atoms with Crippen molar-refractivity contribution in [3.05, 3.63) is 12.2 Å². The molecule has 376 valence electrons. The van der Waals surface area contributed by atoms with Crippen LogP contribution in [0.15, 0.2) is 12.2 Å². The Bertz CT molecular complexity index is 875. The number of carbonyl (C=O) groups excluding carboxylic acids is 1. The summed E-state index contributed by atoms with van der Waals surface area (Å²) in [6, 6.07) is -0.535. The molecule has 2 unspecified atom stereocenters. The number of nitrogens with one attached hydrogen (secondary N) is 1. The van der Waals surface area contributed by atoms with Crippen LogP contribution in [0, 0.1) is 0 Å². The molecule has 3 N–H and O–H groups in total. The predicted molar refractivity (Wildman–Crippen MR) is 281 cm³/mol. The van der Waals surface area contributed by atoms with Crippen molar-refractivity contribution in [2.45, 2.75) is 353 Å². The minimum absolute atomic E-state index is 0.0276. The maximum atomic E-state index is 12.5. The van der Waals surface area contributed by atoms with Crippen molar-refractivity contribution >= 4 is 5.91 Å². The van der Waals surface area contributed by atoms with Gasteiger partial charge in [-0.2, -0.15) is 0 Å². The number of aliphatic hydroxyl groups is 2. The van der Waals surface area contributed by atoms with E-state index in [4.69, 9.17) is 0 Å². The predicted octanol–water partition coefficient (Wildman–Crippen LogP) is 19.3. The van der Waals surface area contributed by atoms with Crippen molar-refractivity contribution < 1.29 is 15.0 Å². The van der Waals surface area contributed by atoms with Gasteiger partial charge in [-0.05, 0) is 38.5 Å². The Labute approximate surface area is 397 Å². The van der Waals surface area contributed by atoms with Crippen molar-refractivity contribution in [2.75, 3.05) is 6.61 Å². The molecule has 0 aromatic rings. The Balaban J connectivity index is 3.39. The van der Waals surface area contributed by atoms with Crippen molar-refractivity contribution in [2.24, 2.45) is 0 Å². The first-order valence-corrected chi connectivity index (χ1v) is 29.4. The maximum absolute atomic E-state index is 12.5. The van der Waals surface area contributed by atoms with E-state index in [1.165, 1.54) is 289 Å². The van der Waals surface area contributed by atoms with Gasteiger partial charge < -0.3 is 15.5 Å². The average Bonchev–Trinajstić information content (AvgIpc) is 3.29. The zero-order valence-corrected chi connectivity index (χ0v) is 43.4. The molecular weight excluding hydrogens is 771 g/mol. The Kier molecular flexibility index (Phi) is 54.7. The fraction of sp³-hybridized carbons (Fsp3) is 0.949. The molecular formula is C59H117NO3. The molecule has 0 aliphatic rings. The van der Waals surface area contributed by atoms with Crippen molar-refractivity contribution in [1.82, 2.24) is 5.32 Å². The quantitative estimate of drug-likeness (QED) is 0.0421.